The highest BCUT2D eigenvalue weighted by Gasteiger charge is 2.01. The summed E-state index contributed by atoms with van der Waals surface area (Å²) in [6.07, 6.45) is 2.17. The summed E-state index contributed by atoms with van der Waals surface area (Å²) >= 11 is 0. The van der Waals surface area contributed by atoms with Crippen molar-refractivity contribution in [1.82, 2.24) is 4.98 Å². The maximum Gasteiger partial charge on any atom is 0.335 e. The summed E-state index contributed by atoms with van der Waals surface area (Å²) in [5.74, 6) is 4.11. The summed E-state index contributed by atoms with van der Waals surface area (Å²) in [5, 5.41) is 8.65. The number of hydrogen-bond acceptors (Lipinski definition) is 3. The fourth-order valence-corrected chi connectivity index (χ4v) is 0.815. The van der Waals surface area contributed by atoms with Gasteiger partial charge in [0.1, 0.15) is 12.0 Å². The number of carboxylic acids is 1. The Labute approximate surface area is 80.6 Å². The van der Waals surface area contributed by atoms with Crippen molar-refractivity contribution < 1.29 is 14.7 Å². The minimum atomic E-state index is -1.02. The number of carbonyl (C=O) groups is 2. The van der Waals surface area contributed by atoms with Crippen LogP contribution in [0.1, 0.15) is 22.5 Å². The molecule has 0 aliphatic rings. The van der Waals surface area contributed by atoms with Crippen LogP contribution in [0.4, 0.5) is 0 Å². The summed E-state index contributed by atoms with van der Waals surface area (Å²) in [6, 6.07) is 2.74. The molecule has 0 aliphatic heterocycles. The second kappa shape index (κ2) is 4.77. The molecule has 0 unspecified atom stereocenters. The third-order valence-corrected chi connectivity index (χ3v) is 1.41. The lowest BCUT2D eigenvalue weighted by molar-refractivity contribution is -0.107. The number of aromatic nitrogens is 1. The first kappa shape index (κ1) is 9.93. The van der Waals surface area contributed by atoms with Gasteiger partial charge < -0.3 is 9.90 Å². The molecular weight excluding hydrogens is 182 g/mol. The highest BCUT2D eigenvalue weighted by molar-refractivity contribution is 5.87. The Balaban J connectivity index is 2.90. The first-order valence-electron chi connectivity index (χ1n) is 3.86. The van der Waals surface area contributed by atoms with Gasteiger partial charge in [-0.2, -0.15) is 0 Å². The molecule has 14 heavy (non-hydrogen) atoms. The van der Waals surface area contributed by atoms with Crippen molar-refractivity contribution in [2.24, 2.45) is 0 Å². The molecule has 1 aromatic heterocycles. The van der Waals surface area contributed by atoms with E-state index in [2.05, 4.69) is 16.8 Å². The van der Waals surface area contributed by atoms with E-state index >= 15 is 0 Å². The summed E-state index contributed by atoms with van der Waals surface area (Å²) in [6.45, 7) is 0. The van der Waals surface area contributed by atoms with E-state index in [0.29, 0.717) is 12.0 Å². The molecular formula is C10H7NO3. The van der Waals surface area contributed by atoms with Crippen molar-refractivity contribution in [1.29, 1.82) is 0 Å². The monoisotopic (exact) mass is 189 g/mol. The number of carbonyl (C=O) groups excluding carboxylic acids is 1. The Morgan fingerprint density at radius 3 is 3.07 bits per heavy atom. The van der Waals surface area contributed by atoms with Crippen molar-refractivity contribution in [3.8, 4) is 11.8 Å². The lowest BCUT2D eigenvalue weighted by Crippen LogP contribution is -1.97. The molecule has 0 radical (unpaired) electrons. The van der Waals surface area contributed by atoms with Gasteiger partial charge in [0.2, 0.25) is 0 Å². The molecule has 70 valence electrons. The second-order valence-corrected chi connectivity index (χ2v) is 2.41. The zero-order valence-corrected chi connectivity index (χ0v) is 7.23. The fourth-order valence-electron chi connectivity index (χ4n) is 0.815. The molecule has 0 amide bonds. The topological polar surface area (TPSA) is 67.3 Å². The van der Waals surface area contributed by atoms with Crippen molar-refractivity contribution in [3.05, 3.63) is 29.6 Å². The number of pyridine rings is 1. The van der Waals surface area contributed by atoms with Gasteiger partial charge in [-0.1, -0.05) is 5.92 Å². The Kier molecular flexibility index (Phi) is 3.39. The third-order valence-electron chi connectivity index (χ3n) is 1.41. The third kappa shape index (κ3) is 2.72. The molecule has 0 spiro atoms. The predicted octanol–water partition coefficient (Wildman–Crippen LogP) is 0.720. The number of nitrogens with zero attached hydrogens (tertiary/aromatic N) is 1. The summed E-state index contributed by atoms with van der Waals surface area (Å²) in [7, 11) is 0. The van der Waals surface area contributed by atoms with Crippen molar-refractivity contribution in [2.45, 2.75) is 6.42 Å². The van der Waals surface area contributed by atoms with E-state index in [9.17, 15) is 9.59 Å². The number of aromatic carboxylic acids is 1. The van der Waals surface area contributed by atoms with Crippen LogP contribution >= 0.6 is 0 Å². The van der Waals surface area contributed by atoms with Crippen molar-refractivity contribution in [2.75, 3.05) is 0 Å². The van der Waals surface area contributed by atoms with Gasteiger partial charge in [-0.25, -0.2) is 9.78 Å². The predicted molar refractivity (Wildman–Crippen MR) is 48.8 cm³/mol. The number of hydrogen-bond donors (Lipinski definition) is 1. The van der Waals surface area contributed by atoms with E-state index in [4.69, 9.17) is 5.11 Å². The molecule has 4 nitrogen and oxygen atoms in total. The fraction of sp³-hybridized carbons (Fsp3) is 0.100. The lowest BCUT2D eigenvalue weighted by atomic mass is 10.2. The quantitative estimate of drug-likeness (QED) is 0.549. The van der Waals surface area contributed by atoms with Gasteiger partial charge in [-0.15, -0.1) is 0 Å². The average molecular weight is 189 g/mol. The smallest absolute Gasteiger partial charge is 0.335 e. The van der Waals surface area contributed by atoms with Crippen LogP contribution in [0.3, 0.4) is 0 Å². The van der Waals surface area contributed by atoms with Crippen LogP contribution in [0.2, 0.25) is 0 Å². The number of carboxylic acid groups (broad SMARTS) is 1. The molecule has 0 fully saturated rings. The lowest BCUT2D eigenvalue weighted by Gasteiger charge is -1.93. The van der Waals surface area contributed by atoms with Crippen molar-refractivity contribution in [3.63, 3.8) is 0 Å². The Morgan fingerprint density at radius 2 is 2.43 bits per heavy atom. The van der Waals surface area contributed by atoms with Crippen molar-refractivity contribution >= 4 is 12.3 Å². The minimum Gasteiger partial charge on any atom is -0.478 e. The van der Waals surface area contributed by atoms with Gasteiger partial charge in [-0.05, 0) is 18.1 Å². The standard InChI is InChI=1S/C10H7NO3/c12-6-2-1-3-9-7-8(10(13)14)4-5-11-9/h4-7H,2H2,(H,13,14). The normalized spacial score (nSPS) is 8.57. The Hall–Kier alpha value is -2.15. The van der Waals surface area contributed by atoms with Gasteiger partial charge in [0.05, 0.1) is 12.0 Å². The van der Waals surface area contributed by atoms with E-state index in [0.717, 1.165) is 0 Å². The van der Waals surface area contributed by atoms with Gasteiger partial charge >= 0.3 is 5.97 Å². The van der Waals surface area contributed by atoms with Gasteiger partial charge in [0.25, 0.3) is 0 Å². The van der Waals surface area contributed by atoms with E-state index in [1.165, 1.54) is 18.3 Å². The van der Waals surface area contributed by atoms with Crippen LogP contribution < -0.4 is 0 Å². The Morgan fingerprint density at radius 1 is 1.64 bits per heavy atom. The number of aldehydes is 1. The van der Waals surface area contributed by atoms with E-state index < -0.39 is 5.97 Å². The molecule has 0 atom stereocenters. The first-order chi connectivity index (χ1) is 6.74. The van der Waals surface area contributed by atoms with Crippen LogP contribution in [0.25, 0.3) is 0 Å². The zero-order valence-electron chi connectivity index (χ0n) is 7.23. The molecule has 1 heterocycles. The zero-order chi connectivity index (χ0) is 10.4. The maximum absolute atomic E-state index is 10.6. The summed E-state index contributed by atoms with van der Waals surface area (Å²) in [4.78, 5) is 24.3. The number of rotatable bonds is 2. The van der Waals surface area contributed by atoms with Gasteiger partial charge in [0, 0.05) is 6.20 Å². The van der Waals surface area contributed by atoms with Crippen LogP contribution in [-0.4, -0.2) is 22.3 Å². The van der Waals surface area contributed by atoms with Crippen LogP contribution in [0, 0.1) is 11.8 Å². The van der Waals surface area contributed by atoms with Gasteiger partial charge in [0.15, 0.2) is 0 Å². The highest BCUT2D eigenvalue weighted by atomic mass is 16.4. The molecule has 1 aromatic rings. The van der Waals surface area contributed by atoms with E-state index in [1.54, 1.807) is 0 Å². The minimum absolute atomic E-state index is 0.124. The largest absolute Gasteiger partial charge is 0.478 e. The molecule has 0 saturated carbocycles. The molecule has 0 aliphatic carbocycles. The average Bonchev–Trinajstić information content (AvgIpc) is 2.19. The molecule has 0 bridgehead atoms. The molecule has 1 N–H and O–H groups in total. The highest BCUT2D eigenvalue weighted by Crippen LogP contribution is 2.00. The van der Waals surface area contributed by atoms with Crippen LogP contribution in [-0.2, 0) is 4.79 Å². The van der Waals surface area contributed by atoms with E-state index in [1.807, 2.05) is 0 Å². The molecule has 1 rings (SSSR count). The second-order valence-electron chi connectivity index (χ2n) is 2.41. The molecule has 0 aromatic carbocycles. The first-order valence-corrected chi connectivity index (χ1v) is 3.86. The van der Waals surface area contributed by atoms with Gasteiger partial charge in [-0.3, -0.25) is 0 Å². The molecule has 0 saturated heterocycles. The van der Waals surface area contributed by atoms with Crippen LogP contribution in [0.15, 0.2) is 18.3 Å². The van der Waals surface area contributed by atoms with Crippen LogP contribution in [0.5, 0.6) is 0 Å². The summed E-state index contributed by atoms with van der Waals surface area (Å²) < 4.78 is 0. The maximum atomic E-state index is 10.6. The van der Waals surface area contributed by atoms with E-state index in [-0.39, 0.29) is 12.0 Å². The molecule has 4 heteroatoms. The SMILES string of the molecule is O=CCC#Cc1cc(C(=O)O)ccn1. The summed E-state index contributed by atoms with van der Waals surface area (Å²) in [5.41, 5.74) is 0.488. The Bertz CT molecular complexity index is 415.